The van der Waals surface area contributed by atoms with E-state index >= 15 is 0 Å². The molecule has 2 rings (SSSR count). The van der Waals surface area contributed by atoms with E-state index in [1.165, 1.54) is 18.5 Å². The highest BCUT2D eigenvalue weighted by molar-refractivity contribution is 6.31. The molecule has 0 amide bonds. The Hall–Kier alpha value is -1.92. The van der Waals surface area contributed by atoms with E-state index in [0.29, 0.717) is 10.7 Å². The zero-order valence-electron chi connectivity index (χ0n) is 13.2. The van der Waals surface area contributed by atoms with Crippen LogP contribution in [0.2, 0.25) is 5.02 Å². The first-order valence-corrected chi connectivity index (χ1v) is 7.76. The fraction of sp³-hybridized carbons (Fsp3) is 0.438. The third-order valence-electron chi connectivity index (χ3n) is 3.64. The van der Waals surface area contributed by atoms with Crippen molar-refractivity contribution >= 4 is 28.6 Å². The van der Waals surface area contributed by atoms with Crippen LogP contribution >= 0.6 is 11.6 Å². The standard InChI is InChI=1S/C16H19ClN2O4/c1-4-23-16(22)12-7-19(13(8-20)9(2)3)15-11(14(12)21)5-10(17)6-18-15/h5-7,9,13,20H,4,8H2,1-3H3/t13-/m1/s1. The summed E-state index contributed by atoms with van der Waals surface area (Å²) in [7, 11) is 0. The Morgan fingerprint density at radius 1 is 1.48 bits per heavy atom. The number of aliphatic hydroxyl groups excluding tert-OH is 1. The molecule has 0 aliphatic rings. The van der Waals surface area contributed by atoms with Gasteiger partial charge >= 0.3 is 5.97 Å². The van der Waals surface area contributed by atoms with Crippen molar-refractivity contribution in [2.75, 3.05) is 13.2 Å². The number of carbonyl (C=O) groups excluding carboxylic acids is 1. The summed E-state index contributed by atoms with van der Waals surface area (Å²) in [6.07, 6.45) is 2.84. The van der Waals surface area contributed by atoms with Gasteiger partial charge in [0.1, 0.15) is 11.2 Å². The second-order valence-corrected chi connectivity index (χ2v) is 5.95. The fourth-order valence-electron chi connectivity index (χ4n) is 2.44. The summed E-state index contributed by atoms with van der Waals surface area (Å²) >= 11 is 5.94. The molecule has 124 valence electrons. The maximum atomic E-state index is 12.6. The maximum Gasteiger partial charge on any atom is 0.343 e. The molecule has 0 saturated heterocycles. The number of halogens is 1. The van der Waals surface area contributed by atoms with Crippen molar-refractivity contribution in [2.24, 2.45) is 5.92 Å². The van der Waals surface area contributed by atoms with Crippen molar-refractivity contribution in [1.29, 1.82) is 0 Å². The molecule has 0 spiro atoms. The number of pyridine rings is 2. The SMILES string of the molecule is CCOC(=O)c1cn([C@H](CO)C(C)C)c2ncc(Cl)cc2c1=O. The fourth-order valence-corrected chi connectivity index (χ4v) is 2.59. The average molecular weight is 339 g/mol. The normalized spacial score (nSPS) is 12.6. The summed E-state index contributed by atoms with van der Waals surface area (Å²) in [5, 5.41) is 10.2. The summed E-state index contributed by atoms with van der Waals surface area (Å²) in [5.74, 6) is -0.633. The highest BCUT2D eigenvalue weighted by atomic mass is 35.5. The molecule has 0 aliphatic heterocycles. The van der Waals surface area contributed by atoms with Crippen LogP contribution in [0.4, 0.5) is 0 Å². The quantitative estimate of drug-likeness (QED) is 0.847. The van der Waals surface area contributed by atoms with Gasteiger partial charge in [0.15, 0.2) is 0 Å². The minimum atomic E-state index is -0.700. The molecule has 0 unspecified atom stereocenters. The minimum Gasteiger partial charge on any atom is -0.462 e. The van der Waals surface area contributed by atoms with Crippen molar-refractivity contribution in [2.45, 2.75) is 26.8 Å². The van der Waals surface area contributed by atoms with Gasteiger partial charge < -0.3 is 14.4 Å². The monoisotopic (exact) mass is 338 g/mol. The van der Waals surface area contributed by atoms with Crippen LogP contribution in [-0.4, -0.2) is 33.8 Å². The molecule has 0 saturated carbocycles. The van der Waals surface area contributed by atoms with Gasteiger partial charge in [0.25, 0.3) is 0 Å². The van der Waals surface area contributed by atoms with Gasteiger partial charge in [-0.3, -0.25) is 4.79 Å². The van der Waals surface area contributed by atoms with Crippen LogP contribution in [0.15, 0.2) is 23.3 Å². The van der Waals surface area contributed by atoms with Gasteiger partial charge in [0, 0.05) is 12.4 Å². The van der Waals surface area contributed by atoms with Crippen molar-refractivity contribution < 1.29 is 14.6 Å². The Morgan fingerprint density at radius 3 is 2.74 bits per heavy atom. The predicted molar refractivity (Wildman–Crippen MR) is 87.9 cm³/mol. The van der Waals surface area contributed by atoms with Crippen LogP contribution in [0.25, 0.3) is 11.0 Å². The predicted octanol–water partition coefficient (Wildman–Crippen LogP) is 2.42. The maximum absolute atomic E-state index is 12.6. The molecular weight excluding hydrogens is 320 g/mol. The van der Waals surface area contributed by atoms with E-state index in [-0.39, 0.29) is 36.1 Å². The van der Waals surface area contributed by atoms with Crippen LogP contribution < -0.4 is 5.43 Å². The van der Waals surface area contributed by atoms with Gasteiger partial charge in [-0.25, -0.2) is 9.78 Å². The number of aliphatic hydroxyl groups is 1. The van der Waals surface area contributed by atoms with Gasteiger partial charge in [-0.1, -0.05) is 25.4 Å². The molecule has 7 heteroatoms. The number of rotatable bonds is 5. The smallest absolute Gasteiger partial charge is 0.343 e. The number of ether oxygens (including phenoxy) is 1. The highest BCUT2D eigenvalue weighted by Crippen LogP contribution is 2.23. The molecule has 0 aliphatic carbocycles. The lowest BCUT2D eigenvalue weighted by atomic mass is 10.0. The van der Waals surface area contributed by atoms with E-state index in [4.69, 9.17) is 16.3 Å². The number of hydrogen-bond acceptors (Lipinski definition) is 5. The number of aromatic nitrogens is 2. The third kappa shape index (κ3) is 3.38. The Morgan fingerprint density at radius 2 is 2.17 bits per heavy atom. The summed E-state index contributed by atoms with van der Waals surface area (Å²) in [4.78, 5) is 28.8. The summed E-state index contributed by atoms with van der Waals surface area (Å²) in [5.41, 5.74) is -0.201. The zero-order chi connectivity index (χ0) is 17.1. The highest BCUT2D eigenvalue weighted by Gasteiger charge is 2.22. The van der Waals surface area contributed by atoms with Crippen LogP contribution in [-0.2, 0) is 4.74 Å². The van der Waals surface area contributed by atoms with E-state index < -0.39 is 11.4 Å². The molecule has 0 radical (unpaired) electrons. The lowest BCUT2D eigenvalue weighted by Crippen LogP contribution is -2.26. The number of esters is 1. The molecule has 0 aromatic carbocycles. The average Bonchev–Trinajstić information content (AvgIpc) is 2.50. The summed E-state index contributed by atoms with van der Waals surface area (Å²) in [6.45, 7) is 5.55. The Balaban J connectivity index is 2.82. The van der Waals surface area contributed by atoms with E-state index in [9.17, 15) is 14.7 Å². The van der Waals surface area contributed by atoms with E-state index in [2.05, 4.69) is 4.98 Å². The molecule has 1 atom stereocenters. The molecule has 2 heterocycles. The molecule has 2 aromatic rings. The van der Waals surface area contributed by atoms with Crippen LogP contribution in [0.3, 0.4) is 0 Å². The van der Waals surface area contributed by atoms with Gasteiger partial charge in [-0.05, 0) is 18.9 Å². The lowest BCUT2D eigenvalue weighted by Gasteiger charge is -2.24. The molecule has 2 aromatic heterocycles. The first-order valence-electron chi connectivity index (χ1n) is 7.39. The number of fused-ring (bicyclic) bond motifs is 1. The van der Waals surface area contributed by atoms with E-state index in [0.717, 1.165) is 0 Å². The molecule has 1 N–H and O–H groups in total. The van der Waals surface area contributed by atoms with Crippen molar-refractivity contribution in [3.63, 3.8) is 0 Å². The van der Waals surface area contributed by atoms with Crippen LogP contribution in [0.1, 0.15) is 37.2 Å². The van der Waals surface area contributed by atoms with Gasteiger partial charge in [0.05, 0.1) is 29.7 Å². The molecule has 0 fully saturated rings. The van der Waals surface area contributed by atoms with Gasteiger partial charge in [-0.2, -0.15) is 0 Å². The molecular formula is C16H19ClN2O4. The van der Waals surface area contributed by atoms with Gasteiger partial charge in [-0.15, -0.1) is 0 Å². The lowest BCUT2D eigenvalue weighted by molar-refractivity contribution is 0.0523. The number of nitrogens with zero attached hydrogens (tertiary/aromatic N) is 2. The molecule has 6 nitrogen and oxygen atoms in total. The van der Waals surface area contributed by atoms with E-state index in [1.807, 2.05) is 13.8 Å². The minimum absolute atomic E-state index is 0.0678. The largest absolute Gasteiger partial charge is 0.462 e. The first kappa shape index (κ1) is 17.4. The topological polar surface area (TPSA) is 81.4 Å². The zero-order valence-corrected chi connectivity index (χ0v) is 14.0. The van der Waals surface area contributed by atoms with Crippen molar-refractivity contribution in [3.05, 3.63) is 39.3 Å². The van der Waals surface area contributed by atoms with Crippen LogP contribution in [0.5, 0.6) is 0 Å². The Bertz CT molecular complexity index is 785. The Kier molecular flexibility index (Phi) is 5.38. The molecule has 0 bridgehead atoms. The first-order chi connectivity index (χ1) is 10.9. The van der Waals surface area contributed by atoms with Crippen molar-refractivity contribution in [1.82, 2.24) is 9.55 Å². The van der Waals surface area contributed by atoms with Crippen LogP contribution in [0, 0.1) is 5.92 Å². The second-order valence-electron chi connectivity index (χ2n) is 5.52. The molecule has 23 heavy (non-hydrogen) atoms. The summed E-state index contributed by atoms with van der Waals surface area (Å²) in [6, 6.07) is 1.14. The van der Waals surface area contributed by atoms with Crippen molar-refractivity contribution in [3.8, 4) is 0 Å². The number of carbonyl (C=O) groups is 1. The van der Waals surface area contributed by atoms with Gasteiger partial charge in [0.2, 0.25) is 5.43 Å². The second kappa shape index (κ2) is 7.10. The number of hydrogen-bond donors (Lipinski definition) is 1. The third-order valence-corrected chi connectivity index (χ3v) is 3.85. The van der Waals surface area contributed by atoms with E-state index in [1.54, 1.807) is 11.5 Å². The summed E-state index contributed by atoms with van der Waals surface area (Å²) < 4.78 is 6.59. The Labute approximate surface area is 138 Å².